The number of carbonyl (C=O) groups excluding carboxylic acids is 1. The van der Waals surface area contributed by atoms with Crippen LogP contribution < -0.4 is 10.1 Å². The van der Waals surface area contributed by atoms with Gasteiger partial charge in [0.25, 0.3) is 5.91 Å². The van der Waals surface area contributed by atoms with Crippen LogP contribution in [0.15, 0.2) is 60.7 Å². The van der Waals surface area contributed by atoms with Gasteiger partial charge in [-0.3, -0.25) is 4.79 Å². The van der Waals surface area contributed by atoms with E-state index in [1.54, 1.807) is 0 Å². The number of anilines is 1. The molecule has 1 aliphatic rings. The van der Waals surface area contributed by atoms with E-state index >= 15 is 0 Å². The van der Waals surface area contributed by atoms with Gasteiger partial charge >= 0.3 is 0 Å². The summed E-state index contributed by atoms with van der Waals surface area (Å²) >= 11 is 0. The fourth-order valence-electron chi connectivity index (χ4n) is 4.10. The van der Waals surface area contributed by atoms with E-state index in [1.165, 1.54) is 0 Å². The third-order valence-electron chi connectivity index (χ3n) is 5.68. The first-order chi connectivity index (χ1) is 14.5. The maximum Gasteiger partial charge on any atom is 0.258 e. The summed E-state index contributed by atoms with van der Waals surface area (Å²) in [6.07, 6.45) is 0.688. The normalized spacial score (nSPS) is 16.1. The number of benzene rings is 3. The predicted molar refractivity (Wildman–Crippen MR) is 123 cm³/mol. The van der Waals surface area contributed by atoms with Crippen LogP contribution in [-0.4, -0.2) is 23.5 Å². The van der Waals surface area contributed by atoms with Gasteiger partial charge in [0.2, 0.25) is 0 Å². The summed E-state index contributed by atoms with van der Waals surface area (Å²) in [4.78, 5) is 15.4. The number of amides is 1. The van der Waals surface area contributed by atoms with E-state index in [2.05, 4.69) is 51.2 Å². The first-order valence-electron chi connectivity index (χ1n) is 10.8. The molecule has 4 nitrogen and oxygen atoms in total. The van der Waals surface area contributed by atoms with Gasteiger partial charge in [-0.15, -0.1) is 0 Å². The molecule has 0 fully saturated rings. The molecule has 0 aliphatic carbocycles. The Morgan fingerprint density at radius 1 is 0.967 bits per heavy atom. The third kappa shape index (κ3) is 3.74. The van der Waals surface area contributed by atoms with Gasteiger partial charge in [-0.05, 0) is 55.2 Å². The molecule has 1 heterocycles. The Morgan fingerprint density at radius 3 is 2.47 bits per heavy atom. The van der Waals surface area contributed by atoms with E-state index in [0.717, 1.165) is 34.2 Å². The van der Waals surface area contributed by atoms with Crippen molar-refractivity contribution in [2.24, 2.45) is 5.92 Å². The van der Waals surface area contributed by atoms with Gasteiger partial charge in [0.1, 0.15) is 11.9 Å². The third-order valence-corrected chi connectivity index (χ3v) is 5.68. The van der Waals surface area contributed by atoms with E-state index in [1.807, 2.05) is 47.4 Å². The molecule has 0 bridgehead atoms. The number of nitrogens with one attached hydrogen (secondary N) is 1. The summed E-state index contributed by atoms with van der Waals surface area (Å²) in [6, 6.07) is 20.2. The molecule has 0 aromatic heterocycles. The molecule has 3 aromatic carbocycles. The van der Waals surface area contributed by atoms with Crippen molar-refractivity contribution in [2.75, 3.05) is 11.9 Å². The molecular weight excluding hydrogens is 372 g/mol. The first kappa shape index (κ1) is 20.3. The quantitative estimate of drug-likeness (QED) is 0.531. The number of para-hydroxylation sites is 1. The largest absolute Gasteiger partial charge is 0.493 e. The Kier molecular flexibility index (Phi) is 5.67. The minimum absolute atomic E-state index is 0.0332. The second-order valence-corrected chi connectivity index (χ2v) is 8.63. The standard InChI is InChI=1S/C26H30N2O2/c1-17(2)15-16-30-23-14-13-19-9-5-6-10-20(19)24(23)25-27-22-12-8-7-11-21(22)26(29)28(25)18(3)4/h5-14,17-18,25,27H,15-16H2,1-4H3. The predicted octanol–water partition coefficient (Wildman–Crippen LogP) is 6.24. The van der Waals surface area contributed by atoms with Crippen molar-refractivity contribution in [3.8, 4) is 5.75 Å². The van der Waals surface area contributed by atoms with E-state index in [-0.39, 0.29) is 18.1 Å². The zero-order valence-electron chi connectivity index (χ0n) is 18.2. The summed E-state index contributed by atoms with van der Waals surface area (Å²) < 4.78 is 6.28. The number of hydrogen-bond donors (Lipinski definition) is 1. The smallest absolute Gasteiger partial charge is 0.258 e. The van der Waals surface area contributed by atoms with Crippen molar-refractivity contribution in [1.29, 1.82) is 0 Å². The highest BCUT2D eigenvalue weighted by molar-refractivity contribution is 6.02. The number of carbonyl (C=O) groups is 1. The van der Waals surface area contributed by atoms with Gasteiger partial charge in [0.05, 0.1) is 12.2 Å². The number of ether oxygens (including phenoxy) is 1. The Bertz CT molecular complexity index is 1060. The molecule has 4 rings (SSSR count). The Hall–Kier alpha value is -3.01. The molecule has 0 spiro atoms. The Balaban J connectivity index is 1.86. The molecule has 0 radical (unpaired) electrons. The van der Waals surface area contributed by atoms with Gasteiger partial charge in [-0.2, -0.15) is 0 Å². The average molecular weight is 403 g/mol. The zero-order valence-corrected chi connectivity index (χ0v) is 18.2. The average Bonchev–Trinajstić information content (AvgIpc) is 2.73. The van der Waals surface area contributed by atoms with Crippen molar-refractivity contribution in [3.63, 3.8) is 0 Å². The zero-order chi connectivity index (χ0) is 21.3. The van der Waals surface area contributed by atoms with E-state index in [9.17, 15) is 4.79 Å². The van der Waals surface area contributed by atoms with Crippen LogP contribution in [0.2, 0.25) is 0 Å². The van der Waals surface area contributed by atoms with Crippen molar-refractivity contribution < 1.29 is 9.53 Å². The van der Waals surface area contributed by atoms with Crippen LogP contribution in [0.5, 0.6) is 5.75 Å². The lowest BCUT2D eigenvalue weighted by atomic mass is 9.96. The van der Waals surface area contributed by atoms with Crippen molar-refractivity contribution in [1.82, 2.24) is 4.90 Å². The van der Waals surface area contributed by atoms with Crippen LogP contribution in [0.4, 0.5) is 5.69 Å². The molecule has 1 aliphatic heterocycles. The molecule has 3 aromatic rings. The van der Waals surface area contributed by atoms with Crippen LogP contribution >= 0.6 is 0 Å². The van der Waals surface area contributed by atoms with Gasteiger partial charge in [0, 0.05) is 17.3 Å². The molecule has 30 heavy (non-hydrogen) atoms. The molecule has 156 valence electrons. The molecule has 1 atom stereocenters. The SMILES string of the molecule is CC(C)CCOc1ccc2ccccc2c1C1Nc2ccccc2C(=O)N1C(C)C. The van der Waals surface area contributed by atoms with Gasteiger partial charge < -0.3 is 15.0 Å². The van der Waals surface area contributed by atoms with Crippen LogP contribution in [0.1, 0.15) is 56.2 Å². The second-order valence-electron chi connectivity index (χ2n) is 8.63. The topological polar surface area (TPSA) is 41.6 Å². The highest BCUT2D eigenvalue weighted by Gasteiger charge is 2.36. The number of hydrogen-bond acceptors (Lipinski definition) is 3. The molecule has 4 heteroatoms. The summed E-state index contributed by atoms with van der Waals surface area (Å²) in [5, 5.41) is 5.88. The summed E-state index contributed by atoms with van der Waals surface area (Å²) in [7, 11) is 0. The van der Waals surface area contributed by atoms with Crippen LogP contribution in [0.25, 0.3) is 10.8 Å². The van der Waals surface area contributed by atoms with E-state index in [0.29, 0.717) is 18.1 Å². The maximum atomic E-state index is 13.4. The summed E-state index contributed by atoms with van der Waals surface area (Å²) in [5.74, 6) is 1.46. The molecule has 1 amide bonds. The highest BCUT2D eigenvalue weighted by Crippen LogP contribution is 2.41. The minimum atomic E-state index is -0.299. The fourth-order valence-corrected chi connectivity index (χ4v) is 4.10. The first-order valence-corrected chi connectivity index (χ1v) is 10.8. The lowest BCUT2D eigenvalue weighted by Crippen LogP contribution is -2.46. The second kappa shape index (κ2) is 8.39. The molecule has 0 saturated heterocycles. The Labute approximate surface area is 178 Å². The van der Waals surface area contributed by atoms with Crippen LogP contribution in [-0.2, 0) is 0 Å². The Morgan fingerprint density at radius 2 is 1.70 bits per heavy atom. The monoisotopic (exact) mass is 402 g/mol. The van der Waals surface area contributed by atoms with Crippen molar-refractivity contribution in [2.45, 2.75) is 46.3 Å². The van der Waals surface area contributed by atoms with Gasteiger partial charge in [-0.1, -0.05) is 56.3 Å². The van der Waals surface area contributed by atoms with Crippen molar-refractivity contribution in [3.05, 3.63) is 71.8 Å². The van der Waals surface area contributed by atoms with Crippen molar-refractivity contribution >= 4 is 22.4 Å². The molecule has 1 N–H and O–H groups in total. The lowest BCUT2D eigenvalue weighted by Gasteiger charge is -2.41. The van der Waals surface area contributed by atoms with Crippen LogP contribution in [0, 0.1) is 5.92 Å². The van der Waals surface area contributed by atoms with Gasteiger partial charge in [0.15, 0.2) is 0 Å². The maximum absolute atomic E-state index is 13.4. The molecular formula is C26H30N2O2. The fraction of sp³-hybridized carbons (Fsp3) is 0.346. The summed E-state index contributed by atoms with van der Waals surface area (Å²) in [5.41, 5.74) is 2.60. The molecule has 0 saturated carbocycles. The minimum Gasteiger partial charge on any atom is -0.493 e. The number of nitrogens with zero attached hydrogens (tertiary/aromatic N) is 1. The summed E-state index contributed by atoms with van der Waals surface area (Å²) in [6.45, 7) is 9.17. The van der Waals surface area contributed by atoms with E-state index < -0.39 is 0 Å². The molecule has 1 unspecified atom stereocenters. The highest BCUT2D eigenvalue weighted by atomic mass is 16.5. The van der Waals surface area contributed by atoms with Gasteiger partial charge in [-0.25, -0.2) is 0 Å². The number of rotatable bonds is 6. The number of fused-ring (bicyclic) bond motifs is 2. The van der Waals surface area contributed by atoms with E-state index in [4.69, 9.17) is 4.74 Å². The lowest BCUT2D eigenvalue weighted by molar-refractivity contribution is 0.0615. The van der Waals surface area contributed by atoms with Crippen LogP contribution in [0.3, 0.4) is 0 Å².